The van der Waals surface area contributed by atoms with Gasteiger partial charge in [0.25, 0.3) is 0 Å². The van der Waals surface area contributed by atoms with Crippen LogP contribution >= 0.6 is 23.2 Å². The fourth-order valence-electron chi connectivity index (χ4n) is 2.22. The van der Waals surface area contributed by atoms with Crippen LogP contribution in [0.2, 0.25) is 10.0 Å². The summed E-state index contributed by atoms with van der Waals surface area (Å²) in [6.45, 7) is 0. The molecule has 1 heterocycles. The molecular formula is C16H11Cl2FO2. The Hall–Kier alpha value is -1.55. The van der Waals surface area contributed by atoms with Crippen LogP contribution in [0.3, 0.4) is 0 Å². The van der Waals surface area contributed by atoms with Crippen LogP contribution in [0.25, 0.3) is 11.0 Å². The monoisotopic (exact) mass is 324 g/mol. The average Bonchev–Trinajstić information content (AvgIpc) is 2.86. The molecule has 21 heavy (non-hydrogen) atoms. The third-order valence-corrected chi connectivity index (χ3v) is 3.99. The van der Waals surface area contributed by atoms with Gasteiger partial charge in [-0.05, 0) is 42.0 Å². The Kier molecular flexibility index (Phi) is 3.89. The second kappa shape index (κ2) is 5.68. The Morgan fingerprint density at radius 1 is 1.10 bits per heavy atom. The normalized spacial score (nSPS) is 12.8. The number of benzene rings is 2. The predicted molar refractivity (Wildman–Crippen MR) is 81.3 cm³/mol. The van der Waals surface area contributed by atoms with Gasteiger partial charge in [-0.1, -0.05) is 29.3 Å². The van der Waals surface area contributed by atoms with Gasteiger partial charge in [-0.15, -0.1) is 0 Å². The molecule has 0 aliphatic rings. The first-order valence-electron chi connectivity index (χ1n) is 6.34. The molecule has 3 aromatic rings. The predicted octanol–water partition coefficient (Wildman–Crippen LogP) is 5.15. The van der Waals surface area contributed by atoms with Crippen molar-refractivity contribution in [3.63, 3.8) is 0 Å². The number of aliphatic hydroxyl groups is 1. The molecule has 2 aromatic carbocycles. The summed E-state index contributed by atoms with van der Waals surface area (Å²) < 4.78 is 18.7. The van der Waals surface area contributed by atoms with E-state index in [1.54, 1.807) is 24.3 Å². The SMILES string of the molecule is OC(Cc1c(Cl)cccc1Cl)c1cc2cc(F)ccc2o1. The molecule has 3 rings (SSSR count). The van der Waals surface area contributed by atoms with Crippen molar-refractivity contribution in [2.75, 3.05) is 0 Å². The van der Waals surface area contributed by atoms with E-state index in [1.165, 1.54) is 18.2 Å². The van der Waals surface area contributed by atoms with Crippen LogP contribution in [0.5, 0.6) is 0 Å². The molecule has 2 nitrogen and oxygen atoms in total. The van der Waals surface area contributed by atoms with E-state index in [0.29, 0.717) is 32.3 Å². The molecule has 0 aliphatic carbocycles. The van der Waals surface area contributed by atoms with E-state index in [0.717, 1.165) is 0 Å². The molecule has 0 radical (unpaired) electrons. The van der Waals surface area contributed by atoms with Crippen LogP contribution in [0, 0.1) is 5.82 Å². The van der Waals surface area contributed by atoms with E-state index in [4.69, 9.17) is 27.6 Å². The summed E-state index contributed by atoms with van der Waals surface area (Å²) in [6.07, 6.45) is -0.682. The van der Waals surface area contributed by atoms with E-state index < -0.39 is 6.10 Å². The quantitative estimate of drug-likeness (QED) is 0.722. The Labute approximate surface area is 130 Å². The summed E-state index contributed by atoms with van der Waals surface area (Å²) in [5.74, 6) is 0.00470. The zero-order valence-electron chi connectivity index (χ0n) is 10.8. The maximum Gasteiger partial charge on any atom is 0.134 e. The largest absolute Gasteiger partial charge is 0.458 e. The lowest BCUT2D eigenvalue weighted by atomic mass is 10.1. The third-order valence-electron chi connectivity index (χ3n) is 3.28. The number of hydrogen-bond donors (Lipinski definition) is 1. The maximum atomic E-state index is 13.2. The zero-order valence-corrected chi connectivity index (χ0v) is 12.3. The van der Waals surface area contributed by atoms with Crippen molar-refractivity contribution in [3.8, 4) is 0 Å². The topological polar surface area (TPSA) is 33.4 Å². The molecule has 108 valence electrons. The van der Waals surface area contributed by atoms with Gasteiger partial charge >= 0.3 is 0 Å². The minimum absolute atomic E-state index is 0.223. The number of hydrogen-bond acceptors (Lipinski definition) is 2. The average molecular weight is 325 g/mol. The van der Waals surface area contributed by atoms with Crippen molar-refractivity contribution >= 4 is 34.2 Å². The Morgan fingerprint density at radius 3 is 2.52 bits per heavy atom. The highest BCUT2D eigenvalue weighted by atomic mass is 35.5. The van der Waals surface area contributed by atoms with Crippen LogP contribution in [-0.4, -0.2) is 5.11 Å². The highest BCUT2D eigenvalue weighted by Gasteiger charge is 2.17. The second-order valence-corrected chi connectivity index (χ2v) is 5.57. The number of furan rings is 1. The van der Waals surface area contributed by atoms with Gasteiger partial charge in [0.1, 0.15) is 23.3 Å². The van der Waals surface area contributed by atoms with Gasteiger partial charge in [0, 0.05) is 21.9 Å². The van der Waals surface area contributed by atoms with Crippen molar-refractivity contribution in [2.24, 2.45) is 0 Å². The van der Waals surface area contributed by atoms with Crippen molar-refractivity contribution < 1.29 is 13.9 Å². The molecule has 1 aromatic heterocycles. The first-order valence-corrected chi connectivity index (χ1v) is 7.10. The van der Waals surface area contributed by atoms with Crippen LogP contribution in [0.15, 0.2) is 46.9 Å². The standard InChI is InChI=1S/C16H11Cl2FO2/c17-12-2-1-3-13(18)11(12)8-14(20)16-7-9-6-10(19)4-5-15(9)21-16/h1-7,14,20H,8H2. The molecule has 1 unspecified atom stereocenters. The lowest BCUT2D eigenvalue weighted by Gasteiger charge is -2.10. The summed E-state index contributed by atoms with van der Waals surface area (Å²) in [6, 6.07) is 11.0. The molecule has 0 saturated carbocycles. The van der Waals surface area contributed by atoms with Crippen LogP contribution in [0.4, 0.5) is 4.39 Å². The smallest absolute Gasteiger partial charge is 0.134 e. The third kappa shape index (κ3) is 2.91. The molecule has 0 bridgehead atoms. The summed E-state index contributed by atoms with van der Waals surface area (Å²) in [5.41, 5.74) is 1.18. The van der Waals surface area contributed by atoms with Crippen molar-refractivity contribution in [1.82, 2.24) is 0 Å². The van der Waals surface area contributed by atoms with E-state index in [-0.39, 0.29) is 12.2 Å². The van der Waals surface area contributed by atoms with Gasteiger partial charge < -0.3 is 9.52 Å². The van der Waals surface area contributed by atoms with Crippen LogP contribution < -0.4 is 0 Å². The number of aliphatic hydroxyl groups excluding tert-OH is 1. The van der Waals surface area contributed by atoms with Crippen LogP contribution in [0.1, 0.15) is 17.4 Å². The molecule has 0 spiro atoms. The molecule has 0 fully saturated rings. The maximum absolute atomic E-state index is 13.2. The molecular weight excluding hydrogens is 314 g/mol. The summed E-state index contributed by atoms with van der Waals surface area (Å²) in [7, 11) is 0. The van der Waals surface area contributed by atoms with Crippen molar-refractivity contribution in [3.05, 3.63) is 69.7 Å². The van der Waals surface area contributed by atoms with Crippen molar-refractivity contribution in [2.45, 2.75) is 12.5 Å². The second-order valence-electron chi connectivity index (χ2n) is 4.75. The lowest BCUT2D eigenvalue weighted by Crippen LogP contribution is -2.01. The van der Waals surface area contributed by atoms with E-state index in [1.807, 2.05) is 0 Å². The summed E-state index contributed by atoms with van der Waals surface area (Å²) in [4.78, 5) is 0. The molecule has 0 aliphatic heterocycles. The molecule has 1 atom stereocenters. The summed E-state index contributed by atoms with van der Waals surface area (Å²) >= 11 is 12.2. The Balaban J connectivity index is 1.91. The zero-order chi connectivity index (χ0) is 15.0. The van der Waals surface area contributed by atoms with E-state index in [2.05, 4.69) is 0 Å². The molecule has 5 heteroatoms. The van der Waals surface area contributed by atoms with Gasteiger partial charge in [-0.2, -0.15) is 0 Å². The Bertz CT molecular complexity index is 778. The minimum atomic E-state index is -0.905. The lowest BCUT2D eigenvalue weighted by molar-refractivity contribution is 0.152. The first kappa shape index (κ1) is 14.4. The van der Waals surface area contributed by atoms with Gasteiger partial charge in [-0.25, -0.2) is 4.39 Å². The fourth-order valence-corrected chi connectivity index (χ4v) is 2.77. The minimum Gasteiger partial charge on any atom is -0.458 e. The summed E-state index contributed by atoms with van der Waals surface area (Å²) in [5, 5.41) is 11.9. The first-order chi connectivity index (χ1) is 10.0. The molecule has 1 N–H and O–H groups in total. The van der Waals surface area contributed by atoms with Gasteiger partial charge in [0.15, 0.2) is 0 Å². The van der Waals surface area contributed by atoms with Crippen LogP contribution in [-0.2, 0) is 6.42 Å². The fraction of sp³-hybridized carbons (Fsp3) is 0.125. The highest BCUT2D eigenvalue weighted by molar-refractivity contribution is 6.36. The van der Waals surface area contributed by atoms with Gasteiger partial charge in [0.05, 0.1) is 0 Å². The number of fused-ring (bicyclic) bond motifs is 1. The van der Waals surface area contributed by atoms with E-state index >= 15 is 0 Å². The number of halogens is 3. The molecule has 0 amide bonds. The Morgan fingerprint density at radius 2 is 1.81 bits per heavy atom. The molecule has 0 saturated heterocycles. The van der Waals surface area contributed by atoms with Gasteiger partial charge in [0.2, 0.25) is 0 Å². The van der Waals surface area contributed by atoms with E-state index in [9.17, 15) is 9.50 Å². The van der Waals surface area contributed by atoms with Gasteiger partial charge in [-0.3, -0.25) is 0 Å². The highest BCUT2D eigenvalue weighted by Crippen LogP contribution is 2.31. The van der Waals surface area contributed by atoms with Crippen molar-refractivity contribution in [1.29, 1.82) is 0 Å². The number of rotatable bonds is 3.